The van der Waals surface area contributed by atoms with Gasteiger partial charge in [0.1, 0.15) is 17.7 Å². The Balaban J connectivity index is 1.28. The van der Waals surface area contributed by atoms with Crippen LogP contribution in [0.25, 0.3) is 32.8 Å². The highest BCUT2D eigenvalue weighted by Gasteiger charge is 2.32. The number of hydrogen-bond donors (Lipinski definition) is 2. The van der Waals surface area contributed by atoms with Crippen LogP contribution < -0.4 is 4.74 Å². The van der Waals surface area contributed by atoms with Crippen LogP contribution in [-0.2, 0) is 35.9 Å². The quantitative estimate of drug-likeness (QED) is 0.112. The summed E-state index contributed by atoms with van der Waals surface area (Å²) in [6.07, 6.45) is 5.77. The van der Waals surface area contributed by atoms with E-state index in [4.69, 9.17) is 30.9 Å². The number of rotatable bonds is 10. The zero-order valence-electron chi connectivity index (χ0n) is 29.0. The minimum atomic E-state index is -1.68. The first-order chi connectivity index (χ1) is 24.4. The Hall–Kier alpha value is -3.47. The second-order valence-corrected chi connectivity index (χ2v) is 14.1. The number of aryl methyl sites for hydroxylation is 3. The number of fused-ring (bicyclic) bond motifs is 3. The predicted octanol–water partition coefficient (Wildman–Crippen LogP) is 8.60. The number of ether oxygens (including phenoxy) is 3. The summed E-state index contributed by atoms with van der Waals surface area (Å²) in [6, 6.07) is 14.3. The number of halogens is 2. The lowest BCUT2D eigenvalue weighted by atomic mass is 9.90. The smallest absolute Gasteiger partial charge is 0.194 e. The lowest BCUT2D eigenvalue weighted by molar-refractivity contribution is -0.0488. The average Bonchev–Trinajstić information content (AvgIpc) is 3.60. The summed E-state index contributed by atoms with van der Waals surface area (Å²) in [5, 5.41) is 30.2. The molecule has 0 bridgehead atoms. The topological polar surface area (TPSA) is 90.9 Å². The fraction of sp³-hybridized carbons (Fsp3) is 0.475. The molecule has 2 N–H and O–H groups in total. The van der Waals surface area contributed by atoms with E-state index < -0.39 is 6.29 Å². The van der Waals surface area contributed by atoms with E-state index in [9.17, 15) is 14.6 Å². The van der Waals surface area contributed by atoms with E-state index in [0.717, 1.165) is 108 Å². The first kappa shape index (κ1) is 35.0. The van der Waals surface area contributed by atoms with E-state index >= 15 is 0 Å². The molecular weight excluding hydrogens is 657 g/mol. The Bertz CT molecular complexity index is 1960. The molecule has 0 aliphatic carbocycles. The van der Waals surface area contributed by atoms with Crippen LogP contribution in [0, 0.1) is 11.7 Å². The summed E-state index contributed by atoms with van der Waals surface area (Å²) in [6.45, 7) is 5.35. The first-order valence-corrected chi connectivity index (χ1v) is 18.5. The molecule has 5 aromatic rings. The number of aromatic nitrogens is 3. The van der Waals surface area contributed by atoms with Gasteiger partial charge in [-0.2, -0.15) is 5.10 Å². The van der Waals surface area contributed by atoms with Crippen molar-refractivity contribution < 1.29 is 28.8 Å². The largest absolute Gasteiger partial charge is 0.493 e. The molecule has 1 fully saturated rings. The van der Waals surface area contributed by atoms with Crippen LogP contribution in [0.3, 0.4) is 0 Å². The second-order valence-electron chi connectivity index (χ2n) is 13.7. The molecule has 2 aliphatic rings. The maximum Gasteiger partial charge on any atom is 0.194 e. The summed E-state index contributed by atoms with van der Waals surface area (Å²) in [5.41, 5.74) is 6.10. The van der Waals surface area contributed by atoms with Crippen molar-refractivity contribution >= 4 is 33.3 Å². The molecule has 1 unspecified atom stereocenters. The van der Waals surface area contributed by atoms with Gasteiger partial charge in [-0.3, -0.25) is 4.68 Å². The van der Waals surface area contributed by atoms with Crippen LogP contribution >= 0.6 is 11.6 Å². The average molecular weight is 704 g/mol. The SMILES string of the molecule is CCc1c2c(nn1C)C(CCC1CCOCC1)OCCCCn1c(C(O)O)c(CCCOc3cccc4cc(F)ccc34)c3ccc(Cl)c-2c31. The molecule has 0 spiro atoms. The molecule has 0 saturated carbocycles. The van der Waals surface area contributed by atoms with Gasteiger partial charge in [0.15, 0.2) is 6.29 Å². The van der Waals surface area contributed by atoms with Gasteiger partial charge in [0.05, 0.1) is 28.5 Å². The van der Waals surface area contributed by atoms with Crippen molar-refractivity contribution in [3.63, 3.8) is 0 Å². The van der Waals surface area contributed by atoms with E-state index in [1.807, 2.05) is 42.1 Å². The molecule has 3 aromatic carbocycles. The standard InChI is InChI=1S/C40H47ClFN3O5/c1-3-32-36-35-31(41)15-14-30-29(9-7-21-49-33-10-6-8-26-24-27(42)12-13-28(26)33)39(40(46)47)45(38(30)35)19-4-5-20-50-34(37(36)43-44(32)2)16-11-25-17-22-48-23-18-25/h6,8,10,12-15,24-25,34,40,46-47H,3-5,7,9,11,16-23H2,1-2H3. The molecule has 266 valence electrons. The summed E-state index contributed by atoms with van der Waals surface area (Å²) in [4.78, 5) is 0. The third-order valence-corrected chi connectivity index (χ3v) is 10.9. The maximum atomic E-state index is 13.8. The predicted molar refractivity (Wildman–Crippen MR) is 194 cm³/mol. The minimum Gasteiger partial charge on any atom is -0.493 e. The van der Waals surface area contributed by atoms with Gasteiger partial charge in [-0.25, -0.2) is 4.39 Å². The molecule has 2 aliphatic heterocycles. The Kier molecular flexibility index (Phi) is 10.8. The first-order valence-electron chi connectivity index (χ1n) is 18.1. The van der Waals surface area contributed by atoms with Crippen LogP contribution in [0.2, 0.25) is 5.02 Å². The van der Waals surface area contributed by atoms with Gasteiger partial charge in [-0.1, -0.05) is 36.7 Å². The normalized spacial score (nSPS) is 17.4. The van der Waals surface area contributed by atoms with Crippen molar-refractivity contribution in [2.24, 2.45) is 13.0 Å². The number of aliphatic hydroxyl groups is 2. The Morgan fingerprint density at radius 3 is 2.64 bits per heavy atom. The molecule has 1 atom stereocenters. The third-order valence-electron chi connectivity index (χ3n) is 10.6. The molecule has 10 heteroatoms. The van der Waals surface area contributed by atoms with E-state index in [2.05, 4.69) is 11.5 Å². The molecule has 2 aromatic heterocycles. The molecule has 4 heterocycles. The molecule has 7 rings (SSSR count). The number of hydrogen-bond acceptors (Lipinski definition) is 6. The van der Waals surface area contributed by atoms with Crippen LogP contribution in [-0.4, -0.2) is 51.0 Å². The fourth-order valence-electron chi connectivity index (χ4n) is 8.13. The van der Waals surface area contributed by atoms with Gasteiger partial charge in [0.25, 0.3) is 0 Å². The molecule has 0 radical (unpaired) electrons. The molecule has 8 nitrogen and oxygen atoms in total. The van der Waals surface area contributed by atoms with Crippen molar-refractivity contribution in [2.75, 3.05) is 26.4 Å². The minimum absolute atomic E-state index is 0.183. The van der Waals surface area contributed by atoms with Gasteiger partial charge in [0.2, 0.25) is 0 Å². The summed E-state index contributed by atoms with van der Waals surface area (Å²) >= 11 is 7.20. The van der Waals surface area contributed by atoms with Crippen LogP contribution in [0.4, 0.5) is 4.39 Å². The summed E-state index contributed by atoms with van der Waals surface area (Å²) in [7, 11) is 1.99. The van der Waals surface area contributed by atoms with Gasteiger partial charge in [-0.15, -0.1) is 0 Å². The fourth-order valence-corrected chi connectivity index (χ4v) is 8.37. The van der Waals surface area contributed by atoms with E-state index in [1.165, 1.54) is 12.1 Å². The zero-order chi connectivity index (χ0) is 34.8. The molecule has 0 amide bonds. The van der Waals surface area contributed by atoms with Crippen molar-refractivity contribution in [3.05, 3.63) is 82.0 Å². The highest BCUT2D eigenvalue weighted by Crippen LogP contribution is 2.46. The lowest BCUT2D eigenvalue weighted by Crippen LogP contribution is -2.17. The zero-order valence-corrected chi connectivity index (χ0v) is 29.7. The highest BCUT2D eigenvalue weighted by molar-refractivity contribution is 6.35. The van der Waals surface area contributed by atoms with Crippen molar-refractivity contribution in [1.82, 2.24) is 14.3 Å². The summed E-state index contributed by atoms with van der Waals surface area (Å²) < 4.78 is 36.4. The van der Waals surface area contributed by atoms with Crippen LogP contribution in [0.1, 0.15) is 86.9 Å². The monoisotopic (exact) mass is 703 g/mol. The number of aliphatic hydroxyl groups excluding tert-OH is 1. The molecule has 1 saturated heterocycles. The van der Waals surface area contributed by atoms with Crippen LogP contribution in [0.5, 0.6) is 5.75 Å². The Morgan fingerprint density at radius 2 is 1.84 bits per heavy atom. The second kappa shape index (κ2) is 15.4. The highest BCUT2D eigenvalue weighted by atomic mass is 35.5. The molecular formula is C40H47ClFN3O5. The van der Waals surface area contributed by atoms with Gasteiger partial charge in [-0.05, 0) is 105 Å². The Morgan fingerprint density at radius 1 is 1.02 bits per heavy atom. The number of nitrogens with zero attached hydrogens (tertiary/aromatic N) is 3. The molecule has 50 heavy (non-hydrogen) atoms. The lowest BCUT2D eigenvalue weighted by Gasteiger charge is -2.24. The van der Waals surface area contributed by atoms with Crippen LogP contribution in [0.15, 0.2) is 48.5 Å². The third kappa shape index (κ3) is 6.91. The van der Waals surface area contributed by atoms with Gasteiger partial charge in [0, 0.05) is 61.0 Å². The maximum absolute atomic E-state index is 13.8. The number of benzene rings is 3. The van der Waals surface area contributed by atoms with Crippen molar-refractivity contribution in [2.45, 2.75) is 83.6 Å². The van der Waals surface area contributed by atoms with E-state index in [-0.39, 0.29) is 11.9 Å². The van der Waals surface area contributed by atoms with Crippen molar-refractivity contribution in [3.8, 4) is 16.9 Å². The van der Waals surface area contributed by atoms with E-state index in [0.29, 0.717) is 55.0 Å². The van der Waals surface area contributed by atoms with E-state index in [1.54, 1.807) is 6.07 Å². The van der Waals surface area contributed by atoms with Gasteiger partial charge >= 0.3 is 0 Å². The van der Waals surface area contributed by atoms with Gasteiger partial charge < -0.3 is 29.0 Å². The Labute approximate surface area is 297 Å². The van der Waals surface area contributed by atoms with Crippen molar-refractivity contribution in [1.29, 1.82) is 0 Å². The summed E-state index contributed by atoms with van der Waals surface area (Å²) in [5.74, 6) is 1.02.